The molecule has 0 saturated carbocycles. The standard InChI is InChI=1S/C17H17NOS/c1-11(2)17(19)18-13-8-4-5-10-15(13)20-16-12(3)7-6-9-14(16)18/h4-6,8-10,12H,1,7H2,2-3H3. The normalized spacial score (nSPS) is 20.5. The van der Waals surface area contributed by atoms with Crippen LogP contribution >= 0.6 is 11.8 Å². The zero-order chi connectivity index (χ0) is 14.3. The van der Waals surface area contributed by atoms with Gasteiger partial charge in [-0.2, -0.15) is 0 Å². The fourth-order valence-corrected chi connectivity index (χ4v) is 3.76. The second-order valence-corrected chi connectivity index (χ2v) is 6.36. The average molecular weight is 283 g/mol. The SMILES string of the molecule is C=C(C)C(=O)N1C2=C(Sc3ccccc31)C(C)CC=C2. The molecule has 102 valence electrons. The Morgan fingerprint density at radius 2 is 2.15 bits per heavy atom. The molecule has 1 aromatic rings. The Morgan fingerprint density at radius 3 is 2.90 bits per heavy atom. The third-order valence-corrected chi connectivity index (χ3v) is 5.00. The Balaban J connectivity index is 2.19. The minimum atomic E-state index is -0.0241. The number of anilines is 1. The first-order chi connectivity index (χ1) is 9.59. The van der Waals surface area contributed by atoms with Gasteiger partial charge < -0.3 is 0 Å². The number of carbonyl (C=O) groups excluding carboxylic acids is 1. The molecule has 1 aliphatic heterocycles. The zero-order valence-electron chi connectivity index (χ0n) is 11.7. The molecule has 1 aliphatic carbocycles. The Bertz CT molecular complexity index is 657. The maximum absolute atomic E-state index is 12.6. The first-order valence-corrected chi connectivity index (χ1v) is 7.59. The predicted molar refractivity (Wildman–Crippen MR) is 84.5 cm³/mol. The number of amides is 1. The largest absolute Gasteiger partial charge is 0.275 e. The molecule has 0 N–H and O–H groups in total. The first kappa shape index (κ1) is 13.3. The van der Waals surface area contributed by atoms with E-state index in [0.29, 0.717) is 11.5 Å². The molecule has 0 saturated heterocycles. The summed E-state index contributed by atoms with van der Waals surface area (Å²) < 4.78 is 0. The maximum atomic E-state index is 12.6. The fourth-order valence-electron chi connectivity index (χ4n) is 2.55. The number of nitrogens with zero attached hydrogens (tertiary/aromatic N) is 1. The second-order valence-electron chi connectivity index (χ2n) is 5.28. The zero-order valence-corrected chi connectivity index (χ0v) is 12.5. The molecule has 1 heterocycles. The van der Waals surface area contributed by atoms with E-state index in [1.807, 2.05) is 23.1 Å². The fraction of sp³-hybridized carbons (Fsp3) is 0.235. The van der Waals surface area contributed by atoms with Gasteiger partial charge in [-0.05, 0) is 37.5 Å². The Labute approximate surface area is 123 Å². The summed E-state index contributed by atoms with van der Waals surface area (Å²) in [5.41, 5.74) is 2.54. The highest BCUT2D eigenvalue weighted by molar-refractivity contribution is 8.03. The summed E-state index contributed by atoms with van der Waals surface area (Å²) >= 11 is 1.79. The van der Waals surface area contributed by atoms with Gasteiger partial charge in [-0.15, -0.1) is 0 Å². The van der Waals surface area contributed by atoms with Crippen molar-refractivity contribution in [3.05, 3.63) is 59.2 Å². The van der Waals surface area contributed by atoms with E-state index in [1.54, 1.807) is 18.7 Å². The molecule has 0 spiro atoms. The van der Waals surface area contributed by atoms with Crippen LogP contribution in [0.3, 0.4) is 0 Å². The van der Waals surface area contributed by atoms with Crippen molar-refractivity contribution < 1.29 is 4.79 Å². The summed E-state index contributed by atoms with van der Waals surface area (Å²) in [5.74, 6) is 0.428. The van der Waals surface area contributed by atoms with E-state index in [-0.39, 0.29) is 5.91 Å². The lowest BCUT2D eigenvalue weighted by Crippen LogP contribution is -2.34. The van der Waals surface area contributed by atoms with Crippen LogP contribution in [0.15, 0.2) is 64.1 Å². The van der Waals surface area contributed by atoms with Crippen LogP contribution in [-0.4, -0.2) is 5.91 Å². The molecular weight excluding hydrogens is 266 g/mol. The van der Waals surface area contributed by atoms with Crippen LogP contribution in [-0.2, 0) is 4.79 Å². The van der Waals surface area contributed by atoms with Gasteiger partial charge in [0.25, 0.3) is 5.91 Å². The van der Waals surface area contributed by atoms with Gasteiger partial charge in [0.2, 0.25) is 0 Å². The summed E-state index contributed by atoms with van der Waals surface area (Å²) in [6.45, 7) is 7.79. The van der Waals surface area contributed by atoms with E-state index in [2.05, 4.69) is 31.7 Å². The van der Waals surface area contributed by atoms with Crippen molar-refractivity contribution in [3.63, 3.8) is 0 Å². The average Bonchev–Trinajstić information content (AvgIpc) is 2.45. The van der Waals surface area contributed by atoms with E-state index in [9.17, 15) is 4.79 Å². The van der Waals surface area contributed by atoms with Crippen LogP contribution in [0.2, 0.25) is 0 Å². The number of thioether (sulfide) groups is 1. The van der Waals surface area contributed by atoms with Gasteiger partial charge in [-0.25, -0.2) is 0 Å². The summed E-state index contributed by atoms with van der Waals surface area (Å²) in [6, 6.07) is 8.07. The Hall–Kier alpha value is -1.74. The number of hydrogen-bond acceptors (Lipinski definition) is 2. The quantitative estimate of drug-likeness (QED) is 0.707. The first-order valence-electron chi connectivity index (χ1n) is 6.77. The number of hydrogen-bond donors (Lipinski definition) is 0. The van der Waals surface area contributed by atoms with Crippen LogP contribution in [0.4, 0.5) is 5.69 Å². The summed E-state index contributed by atoms with van der Waals surface area (Å²) in [7, 11) is 0. The molecule has 3 rings (SSSR count). The van der Waals surface area contributed by atoms with Crippen molar-refractivity contribution in [2.45, 2.75) is 25.2 Å². The van der Waals surface area contributed by atoms with Gasteiger partial charge in [0.15, 0.2) is 0 Å². The molecule has 1 unspecified atom stereocenters. The summed E-state index contributed by atoms with van der Waals surface area (Å²) in [6.07, 6.45) is 5.25. The van der Waals surface area contributed by atoms with Gasteiger partial charge >= 0.3 is 0 Å². The number of carbonyl (C=O) groups is 1. The minimum Gasteiger partial charge on any atom is -0.275 e. The molecule has 2 nitrogen and oxygen atoms in total. The molecule has 0 fully saturated rings. The lowest BCUT2D eigenvalue weighted by Gasteiger charge is -2.35. The van der Waals surface area contributed by atoms with Gasteiger partial charge in [-0.1, -0.05) is 43.5 Å². The smallest absolute Gasteiger partial charge is 0.257 e. The van der Waals surface area contributed by atoms with Crippen molar-refractivity contribution in [1.82, 2.24) is 0 Å². The molecule has 0 bridgehead atoms. The minimum absolute atomic E-state index is 0.0241. The van der Waals surface area contributed by atoms with Crippen LogP contribution in [0.1, 0.15) is 20.3 Å². The van der Waals surface area contributed by atoms with Gasteiger partial charge in [0.1, 0.15) is 0 Å². The van der Waals surface area contributed by atoms with E-state index in [1.165, 1.54) is 4.91 Å². The predicted octanol–water partition coefficient (Wildman–Crippen LogP) is 4.51. The van der Waals surface area contributed by atoms with Crippen molar-refractivity contribution in [3.8, 4) is 0 Å². The second kappa shape index (κ2) is 4.98. The van der Waals surface area contributed by atoms with Crippen molar-refractivity contribution in [2.24, 2.45) is 5.92 Å². The van der Waals surface area contributed by atoms with Crippen molar-refractivity contribution in [1.29, 1.82) is 0 Å². The molecule has 2 aliphatic rings. The van der Waals surface area contributed by atoms with E-state index in [0.717, 1.165) is 22.7 Å². The number of para-hydroxylation sites is 1. The number of allylic oxidation sites excluding steroid dienone is 3. The number of fused-ring (bicyclic) bond motifs is 1. The Kier molecular flexibility index (Phi) is 3.30. The summed E-state index contributed by atoms with van der Waals surface area (Å²) in [4.78, 5) is 16.8. The lowest BCUT2D eigenvalue weighted by molar-refractivity contribution is -0.114. The van der Waals surface area contributed by atoms with Crippen LogP contribution in [0, 0.1) is 5.92 Å². The van der Waals surface area contributed by atoms with E-state index in [4.69, 9.17) is 0 Å². The van der Waals surface area contributed by atoms with E-state index >= 15 is 0 Å². The highest BCUT2D eigenvalue weighted by Crippen LogP contribution is 2.48. The van der Waals surface area contributed by atoms with Gasteiger partial charge in [-0.3, -0.25) is 9.69 Å². The third-order valence-electron chi connectivity index (χ3n) is 3.60. The molecule has 1 atom stereocenters. The number of rotatable bonds is 1. The van der Waals surface area contributed by atoms with Crippen LogP contribution in [0.25, 0.3) is 0 Å². The lowest BCUT2D eigenvalue weighted by atomic mass is 9.99. The van der Waals surface area contributed by atoms with Crippen molar-refractivity contribution >= 4 is 23.4 Å². The molecule has 0 aromatic heterocycles. The highest BCUT2D eigenvalue weighted by Gasteiger charge is 2.32. The Morgan fingerprint density at radius 1 is 1.40 bits per heavy atom. The molecular formula is C17H17NOS. The van der Waals surface area contributed by atoms with Gasteiger partial charge in [0, 0.05) is 15.4 Å². The van der Waals surface area contributed by atoms with Crippen LogP contribution < -0.4 is 4.90 Å². The van der Waals surface area contributed by atoms with Gasteiger partial charge in [0.05, 0.1) is 11.4 Å². The molecule has 0 radical (unpaired) electrons. The van der Waals surface area contributed by atoms with Crippen LogP contribution in [0.5, 0.6) is 0 Å². The molecule has 3 heteroatoms. The number of benzene rings is 1. The summed E-state index contributed by atoms with van der Waals surface area (Å²) in [5, 5.41) is 0. The third kappa shape index (κ3) is 2.02. The maximum Gasteiger partial charge on any atom is 0.257 e. The molecule has 1 amide bonds. The highest BCUT2D eigenvalue weighted by atomic mass is 32.2. The van der Waals surface area contributed by atoms with E-state index < -0.39 is 0 Å². The van der Waals surface area contributed by atoms with Crippen molar-refractivity contribution in [2.75, 3.05) is 4.90 Å². The monoisotopic (exact) mass is 283 g/mol. The topological polar surface area (TPSA) is 20.3 Å². The molecule has 20 heavy (non-hydrogen) atoms. The molecule has 1 aromatic carbocycles.